The molecule has 0 unspecified atom stereocenters. The number of carbonyl (C=O) groups excluding carboxylic acids is 2. The molecule has 1 saturated carbocycles. The molecule has 4 rings (SSSR count). The second-order valence-corrected chi connectivity index (χ2v) is 7.39. The highest BCUT2D eigenvalue weighted by molar-refractivity contribution is 7.07. The van der Waals surface area contributed by atoms with E-state index < -0.39 is 12.1 Å². The van der Waals surface area contributed by atoms with E-state index in [0.29, 0.717) is 6.54 Å². The van der Waals surface area contributed by atoms with Gasteiger partial charge in [-0.2, -0.15) is 0 Å². The van der Waals surface area contributed by atoms with Gasteiger partial charge in [0.2, 0.25) is 5.91 Å². The van der Waals surface area contributed by atoms with Crippen LogP contribution >= 0.6 is 11.3 Å². The number of rotatable bonds is 5. The molecule has 136 valence electrons. The van der Waals surface area contributed by atoms with E-state index in [1.165, 1.54) is 11.3 Å². The Balaban J connectivity index is 1.61. The first-order chi connectivity index (χ1) is 12.6. The minimum Gasteiger partial charge on any atom is -0.356 e. The zero-order valence-corrected chi connectivity index (χ0v) is 15.3. The summed E-state index contributed by atoms with van der Waals surface area (Å²) in [5.41, 5.74) is 3.42. The number of thiazole rings is 1. The molecule has 0 radical (unpaired) electrons. The summed E-state index contributed by atoms with van der Waals surface area (Å²) in [6, 6.07) is 3.47. The van der Waals surface area contributed by atoms with Crippen LogP contribution in [-0.4, -0.2) is 57.4 Å². The number of nitrogens with zero attached hydrogens (tertiary/aromatic N) is 4. The van der Waals surface area contributed by atoms with Crippen LogP contribution in [0.15, 0.2) is 35.4 Å². The molecule has 8 heteroatoms. The molecule has 1 aliphatic carbocycles. The maximum Gasteiger partial charge on any atom is 0.254 e. The molecule has 0 N–H and O–H groups in total. The van der Waals surface area contributed by atoms with Crippen molar-refractivity contribution in [3.63, 3.8) is 0 Å². The van der Waals surface area contributed by atoms with Gasteiger partial charge in [0.1, 0.15) is 6.61 Å². The van der Waals surface area contributed by atoms with E-state index in [9.17, 15) is 9.59 Å². The Labute approximate surface area is 155 Å². The van der Waals surface area contributed by atoms with Crippen molar-refractivity contribution in [1.82, 2.24) is 19.8 Å². The summed E-state index contributed by atoms with van der Waals surface area (Å²) in [5, 5.41) is 1.92. The van der Waals surface area contributed by atoms with Gasteiger partial charge >= 0.3 is 0 Å². The average molecular weight is 372 g/mol. The van der Waals surface area contributed by atoms with Crippen molar-refractivity contribution in [1.29, 1.82) is 0 Å². The van der Waals surface area contributed by atoms with E-state index in [0.717, 1.165) is 24.1 Å². The van der Waals surface area contributed by atoms with Crippen LogP contribution in [0.4, 0.5) is 0 Å². The molecule has 1 saturated heterocycles. The van der Waals surface area contributed by atoms with Crippen LogP contribution in [-0.2, 0) is 20.9 Å². The van der Waals surface area contributed by atoms with Gasteiger partial charge in [0.05, 0.1) is 23.8 Å². The van der Waals surface area contributed by atoms with E-state index >= 15 is 0 Å². The van der Waals surface area contributed by atoms with Gasteiger partial charge in [-0.3, -0.25) is 14.6 Å². The zero-order valence-electron chi connectivity index (χ0n) is 14.4. The third kappa shape index (κ3) is 3.34. The predicted octanol–water partition coefficient (Wildman–Crippen LogP) is 1.63. The fourth-order valence-electron chi connectivity index (χ4n) is 3.36. The molecule has 1 aliphatic heterocycles. The topological polar surface area (TPSA) is 75.6 Å². The second-order valence-electron chi connectivity index (χ2n) is 6.67. The van der Waals surface area contributed by atoms with Gasteiger partial charge in [0, 0.05) is 30.9 Å². The molecule has 7 nitrogen and oxygen atoms in total. The van der Waals surface area contributed by atoms with Crippen molar-refractivity contribution < 1.29 is 14.3 Å². The second kappa shape index (κ2) is 7.13. The molecule has 2 atom stereocenters. The molecule has 2 fully saturated rings. The maximum absolute atomic E-state index is 13.1. The molecule has 2 aromatic heterocycles. The Kier molecular flexibility index (Phi) is 4.69. The number of ether oxygens (including phenoxy) is 1. The number of carbonyl (C=O) groups is 2. The lowest BCUT2D eigenvalue weighted by molar-refractivity contribution is -0.170. The van der Waals surface area contributed by atoms with Gasteiger partial charge in [0.15, 0.2) is 6.10 Å². The first-order valence-corrected chi connectivity index (χ1v) is 9.54. The third-order valence-electron chi connectivity index (χ3n) is 4.73. The van der Waals surface area contributed by atoms with Gasteiger partial charge in [0.25, 0.3) is 5.91 Å². The lowest BCUT2D eigenvalue weighted by Crippen LogP contribution is -2.55. The Morgan fingerprint density at radius 3 is 2.96 bits per heavy atom. The number of hydrogen-bond donors (Lipinski definition) is 0. The molecular weight excluding hydrogens is 352 g/mol. The molecule has 0 spiro atoms. The summed E-state index contributed by atoms with van der Waals surface area (Å²) in [6.45, 7) is 0.355. The number of amides is 2. The maximum atomic E-state index is 13.1. The summed E-state index contributed by atoms with van der Waals surface area (Å²) < 4.78 is 5.74. The van der Waals surface area contributed by atoms with Crippen molar-refractivity contribution in [2.24, 2.45) is 0 Å². The molecule has 2 aromatic rings. The van der Waals surface area contributed by atoms with Crippen LogP contribution in [0.25, 0.3) is 0 Å². The SMILES string of the molecule is CN(Cc1cscn1)C(=O)[C@H]1OCC(=O)N(C2CC2)[C@@H]1c1cccnc1. The molecule has 0 aromatic carbocycles. The standard InChI is InChI=1S/C18H20N4O3S/c1-21(8-13-10-26-11-20-13)18(24)17-16(12-3-2-6-19-7-12)22(14-4-5-14)15(23)9-25-17/h2-3,6-7,10-11,14,16-17H,4-5,8-9H2,1H3/t16-,17+/m1/s1. The highest BCUT2D eigenvalue weighted by atomic mass is 32.1. The van der Waals surface area contributed by atoms with Crippen LogP contribution in [0.1, 0.15) is 30.1 Å². The van der Waals surface area contributed by atoms with Gasteiger partial charge < -0.3 is 14.5 Å². The first kappa shape index (κ1) is 17.1. The van der Waals surface area contributed by atoms with Gasteiger partial charge in [-0.05, 0) is 24.5 Å². The van der Waals surface area contributed by atoms with Crippen molar-refractivity contribution >= 4 is 23.2 Å². The minimum atomic E-state index is -0.735. The minimum absolute atomic E-state index is 0.0613. The number of morpholine rings is 1. The van der Waals surface area contributed by atoms with Crippen LogP contribution in [0.5, 0.6) is 0 Å². The quantitative estimate of drug-likeness (QED) is 0.797. The zero-order chi connectivity index (χ0) is 18.1. The van der Waals surface area contributed by atoms with Gasteiger partial charge in [-0.1, -0.05) is 6.07 Å². The van der Waals surface area contributed by atoms with E-state index in [-0.39, 0.29) is 24.5 Å². The Hall–Kier alpha value is -2.32. The van der Waals surface area contributed by atoms with E-state index in [1.54, 1.807) is 29.9 Å². The molecule has 2 amide bonds. The normalized spacial score (nSPS) is 23.1. The highest BCUT2D eigenvalue weighted by Gasteiger charge is 2.48. The van der Waals surface area contributed by atoms with Crippen LogP contribution in [0.3, 0.4) is 0 Å². The fraction of sp³-hybridized carbons (Fsp3) is 0.444. The largest absolute Gasteiger partial charge is 0.356 e. The molecule has 2 aliphatic rings. The predicted molar refractivity (Wildman–Crippen MR) is 95.2 cm³/mol. The molecule has 3 heterocycles. The number of pyridine rings is 1. The monoisotopic (exact) mass is 372 g/mol. The molecule has 0 bridgehead atoms. The van der Waals surface area contributed by atoms with E-state index in [4.69, 9.17) is 4.74 Å². The summed E-state index contributed by atoms with van der Waals surface area (Å²) in [4.78, 5) is 37.5. The number of aromatic nitrogens is 2. The third-order valence-corrected chi connectivity index (χ3v) is 5.36. The summed E-state index contributed by atoms with van der Waals surface area (Å²) >= 11 is 1.50. The van der Waals surface area contributed by atoms with Crippen LogP contribution in [0.2, 0.25) is 0 Å². The fourth-order valence-corrected chi connectivity index (χ4v) is 3.91. The summed E-state index contributed by atoms with van der Waals surface area (Å²) in [5.74, 6) is -0.211. The van der Waals surface area contributed by atoms with Gasteiger partial charge in [-0.25, -0.2) is 4.98 Å². The van der Waals surface area contributed by atoms with Crippen molar-refractivity contribution in [2.75, 3.05) is 13.7 Å². The van der Waals surface area contributed by atoms with Crippen LogP contribution in [0, 0.1) is 0 Å². The summed E-state index contributed by atoms with van der Waals surface area (Å²) in [7, 11) is 1.74. The number of likely N-dealkylation sites (N-methyl/N-ethyl adjacent to an activating group) is 1. The summed E-state index contributed by atoms with van der Waals surface area (Å²) in [6.07, 6.45) is 4.60. The Morgan fingerprint density at radius 1 is 1.46 bits per heavy atom. The van der Waals surface area contributed by atoms with Crippen LogP contribution < -0.4 is 0 Å². The lowest BCUT2D eigenvalue weighted by atomic mass is 9.98. The van der Waals surface area contributed by atoms with E-state index in [2.05, 4.69) is 9.97 Å². The highest BCUT2D eigenvalue weighted by Crippen LogP contribution is 2.39. The Bertz CT molecular complexity index is 779. The van der Waals surface area contributed by atoms with E-state index in [1.807, 2.05) is 22.4 Å². The number of hydrogen-bond acceptors (Lipinski definition) is 6. The molecular formula is C18H20N4O3S. The molecule has 26 heavy (non-hydrogen) atoms. The van der Waals surface area contributed by atoms with Crippen molar-refractivity contribution in [3.8, 4) is 0 Å². The first-order valence-electron chi connectivity index (χ1n) is 8.60. The lowest BCUT2D eigenvalue weighted by Gasteiger charge is -2.41. The smallest absolute Gasteiger partial charge is 0.254 e. The Morgan fingerprint density at radius 2 is 2.31 bits per heavy atom. The van der Waals surface area contributed by atoms with Crippen molar-refractivity contribution in [3.05, 3.63) is 46.7 Å². The van der Waals surface area contributed by atoms with Crippen molar-refractivity contribution in [2.45, 2.75) is 37.6 Å². The average Bonchev–Trinajstić information content (AvgIpc) is 3.37. The van der Waals surface area contributed by atoms with Gasteiger partial charge in [-0.15, -0.1) is 11.3 Å².